The second-order valence-electron chi connectivity index (χ2n) is 8.09. The molecule has 1 atom stereocenters. The number of rotatable bonds is 5. The number of carbonyl (C=O) groups excluding carboxylic acids is 2. The SMILES string of the molecule is NC(=O)[C@@H]1CN(C(=O)CC2(Cc3nc4ccccc4s3)CCCCC2)CCO1. The Balaban J connectivity index is 1.50. The van der Waals surface area contributed by atoms with Crippen LogP contribution in [0.2, 0.25) is 0 Å². The van der Waals surface area contributed by atoms with Crippen molar-refractivity contribution in [3.63, 3.8) is 0 Å². The van der Waals surface area contributed by atoms with Crippen LogP contribution in [0, 0.1) is 5.41 Å². The number of para-hydroxylation sites is 1. The average Bonchev–Trinajstić information content (AvgIpc) is 3.10. The number of primary amides is 1. The van der Waals surface area contributed by atoms with Crippen LogP contribution in [0.1, 0.15) is 43.5 Å². The van der Waals surface area contributed by atoms with E-state index >= 15 is 0 Å². The van der Waals surface area contributed by atoms with Crippen molar-refractivity contribution in [3.8, 4) is 0 Å². The minimum atomic E-state index is -0.690. The summed E-state index contributed by atoms with van der Waals surface area (Å²) in [6, 6.07) is 8.20. The zero-order valence-corrected chi connectivity index (χ0v) is 16.9. The Morgan fingerprint density at radius 1 is 1.25 bits per heavy atom. The van der Waals surface area contributed by atoms with Crippen molar-refractivity contribution >= 4 is 33.4 Å². The maximum atomic E-state index is 13.1. The lowest BCUT2D eigenvalue weighted by atomic mass is 9.69. The van der Waals surface area contributed by atoms with E-state index in [1.807, 2.05) is 18.2 Å². The third kappa shape index (κ3) is 4.20. The summed E-state index contributed by atoms with van der Waals surface area (Å²) in [4.78, 5) is 31.1. The van der Waals surface area contributed by atoms with Crippen molar-refractivity contribution in [2.45, 2.75) is 51.0 Å². The second-order valence-corrected chi connectivity index (χ2v) is 9.21. The molecule has 2 N–H and O–H groups in total. The fourth-order valence-electron chi connectivity index (χ4n) is 4.51. The molecule has 4 rings (SSSR count). The minimum absolute atomic E-state index is 0.0380. The smallest absolute Gasteiger partial charge is 0.248 e. The number of aromatic nitrogens is 1. The normalized spacial score (nSPS) is 22.3. The third-order valence-electron chi connectivity index (χ3n) is 6.04. The van der Waals surface area contributed by atoms with Gasteiger partial charge in [-0.1, -0.05) is 31.4 Å². The number of amides is 2. The molecule has 1 aromatic heterocycles. The molecule has 6 nitrogen and oxygen atoms in total. The maximum absolute atomic E-state index is 13.1. The van der Waals surface area contributed by atoms with Crippen LogP contribution < -0.4 is 5.73 Å². The number of morpholine rings is 1. The van der Waals surface area contributed by atoms with E-state index < -0.39 is 12.0 Å². The van der Waals surface area contributed by atoms with Crippen molar-refractivity contribution < 1.29 is 14.3 Å². The first kappa shape index (κ1) is 19.3. The summed E-state index contributed by atoms with van der Waals surface area (Å²) in [5.41, 5.74) is 6.37. The van der Waals surface area contributed by atoms with Gasteiger partial charge in [0.2, 0.25) is 11.8 Å². The van der Waals surface area contributed by atoms with Gasteiger partial charge in [0.25, 0.3) is 0 Å². The molecule has 7 heteroatoms. The largest absolute Gasteiger partial charge is 0.367 e. The zero-order chi connectivity index (χ0) is 19.6. The lowest BCUT2D eigenvalue weighted by Crippen LogP contribution is -2.51. The Kier molecular flexibility index (Phi) is 5.64. The summed E-state index contributed by atoms with van der Waals surface area (Å²) in [5, 5.41) is 1.12. The molecule has 1 saturated heterocycles. The van der Waals surface area contributed by atoms with Crippen LogP contribution in [0.25, 0.3) is 10.2 Å². The molecular formula is C21H27N3O3S. The lowest BCUT2D eigenvalue weighted by molar-refractivity contribution is -0.147. The Labute approximate surface area is 169 Å². The number of thiazole rings is 1. The van der Waals surface area contributed by atoms with Crippen molar-refractivity contribution in [1.82, 2.24) is 9.88 Å². The number of hydrogen-bond donors (Lipinski definition) is 1. The topological polar surface area (TPSA) is 85.5 Å². The molecule has 0 unspecified atom stereocenters. The number of benzene rings is 1. The van der Waals surface area contributed by atoms with Gasteiger partial charge in [-0.3, -0.25) is 9.59 Å². The van der Waals surface area contributed by atoms with Gasteiger partial charge in [0.05, 0.1) is 28.4 Å². The van der Waals surface area contributed by atoms with E-state index in [9.17, 15) is 9.59 Å². The molecular weight excluding hydrogens is 374 g/mol. The number of ether oxygens (including phenoxy) is 1. The molecule has 2 aromatic rings. The standard InChI is InChI=1S/C21H27N3O3S/c22-20(26)16-14-24(10-11-27-16)19(25)13-21(8-4-1-5-9-21)12-18-23-15-6-2-3-7-17(15)28-18/h2-3,6-7,16H,1,4-5,8-14H2,(H2,22,26)/t16-/m0/s1. The van der Waals surface area contributed by atoms with E-state index in [0.29, 0.717) is 19.6 Å². The van der Waals surface area contributed by atoms with Gasteiger partial charge in [-0.15, -0.1) is 11.3 Å². The summed E-state index contributed by atoms with van der Waals surface area (Å²) >= 11 is 1.74. The van der Waals surface area contributed by atoms with Gasteiger partial charge >= 0.3 is 0 Å². The highest BCUT2D eigenvalue weighted by molar-refractivity contribution is 7.18. The van der Waals surface area contributed by atoms with Crippen molar-refractivity contribution in [1.29, 1.82) is 0 Å². The van der Waals surface area contributed by atoms with Crippen molar-refractivity contribution in [2.24, 2.45) is 11.1 Å². The monoisotopic (exact) mass is 401 g/mol. The Morgan fingerprint density at radius 3 is 2.79 bits per heavy atom. The summed E-state index contributed by atoms with van der Waals surface area (Å²) in [6.45, 7) is 1.16. The fraction of sp³-hybridized carbons (Fsp3) is 0.571. The summed E-state index contributed by atoms with van der Waals surface area (Å²) in [5.74, 6) is -0.392. The highest BCUT2D eigenvalue weighted by Crippen LogP contribution is 2.43. The average molecular weight is 402 g/mol. The van der Waals surface area contributed by atoms with Gasteiger partial charge in [0, 0.05) is 19.4 Å². The van der Waals surface area contributed by atoms with Crippen LogP contribution in [0.15, 0.2) is 24.3 Å². The van der Waals surface area contributed by atoms with Gasteiger partial charge < -0.3 is 15.4 Å². The molecule has 1 aliphatic carbocycles. The van der Waals surface area contributed by atoms with Crippen LogP contribution >= 0.6 is 11.3 Å². The molecule has 1 saturated carbocycles. The van der Waals surface area contributed by atoms with Gasteiger partial charge in [0.1, 0.15) is 0 Å². The molecule has 1 aromatic carbocycles. The van der Waals surface area contributed by atoms with Gasteiger partial charge in [-0.2, -0.15) is 0 Å². The second kappa shape index (κ2) is 8.17. The van der Waals surface area contributed by atoms with Crippen LogP contribution in [-0.2, 0) is 20.7 Å². The molecule has 2 aliphatic rings. The van der Waals surface area contributed by atoms with E-state index in [0.717, 1.165) is 42.6 Å². The first-order valence-corrected chi connectivity index (χ1v) is 10.9. The number of hydrogen-bond acceptors (Lipinski definition) is 5. The molecule has 1 aliphatic heterocycles. The highest BCUT2D eigenvalue weighted by Gasteiger charge is 2.38. The van der Waals surface area contributed by atoms with E-state index in [1.165, 1.54) is 11.1 Å². The van der Waals surface area contributed by atoms with Crippen LogP contribution in [0.4, 0.5) is 0 Å². The highest BCUT2D eigenvalue weighted by atomic mass is 32.1. The summed E-state index contributed by atoms with van der Waals surface area (Å²) in [7, 11) is 0. The van der Waals surface area contributed by atoms with Gasteiger partial charge in [-0.05, 0) is 30.4 Å². The molecule has 2 fully saturated rings. The predicted octanol–water partition coefficient (Wildman–Crippen LogP) is 2.89. The third-order valence-corrected chi connectivity index (χ3v) is 7.08. The fourth-order valence-corrected chi connectivity index (χ4v) is 5.66. The minimum Gasteiger partial charge on any atom is -0.367 e. The van der Waals surface area contributed by atoms with E-state index in [1.54, 1.807) is 16.2 Å². The number of fused-ring (bicyclic) bond motifs is 1. The number of nitrogens with zero attached hydrogens (tertiary/aromatic N) is 2. The molecule has 0 bridgehead atoms. The Bertz CT molecular complexity index is 826. The van der Waals surface area contributed by atoms with E-state index in [2.05, 4.69) is 6.07 Å². The quantitative estimate of drug-likeness (QED) is 0.835. The number of carbonyl (C=O) groups is 2. The predicted molar refractivity (Wildman–Crippen MR) is 109 cm³/mol. The zero-order valence-electron chi connectivity index (χ0n) is 16.1. The maximum Gasteiger partial charge on any atom is 0.248 e. The molecule has 2 amide bonds. The van der Waals surface area contributed by atoms with Crippen LogP contribution in [0.5, 0.6) is 0 Å². The van der Waals surface area contributed by atoms with Crippen molar-refractivity contribution in [2.75, 3.05) is 19.7 Å². The van der Waals surface area contributed by atoms with Crippen molar-refractivity contribution in [3.05, 3.63) is 29.3 Å². The molecule has 150 valence electrons. The number of nitrogens with two attached hydrogens (primary N) is 1. The van der Waals surface area contributed by atoms with Crippen LogP contribution in [0.3, 0.4) is 0 Å². The summed E-state index contributed by atoms with van der Waals surface area (Å²) in [6.07, 6.45) is 6.32. The first-order chi connectivity index (χ1) is 13.5. The van der Waals surface area contributed by atoms with E-state index in [-0.39, 0.29) is 17.9 Å². The van der Waals surface area contributed by atoms with Gasteiger partial charge in [0.15, 0.2) is 6.10 Å². The Morgan fingerprint density at radius 2 is 2.04 bits per heavy atom. The first-order valence-electron chi connectivity index (χ1n) is 10.1. The molecule has 2 heterocycles. The lowest BCUT2D eigenvalue weighted by Gasteiger charge is -2.39. The summed E-state index contributed by atoms with van der Waals surface area (Å²) < 4.78 is 6.59. The molecule has 0 spiro atoms. The van der Waals surface area contributed by atoms with E-state index in [4.69, 9.17) is 15.5 Å². The van der Waals surface area contributed by atoms with Crippen LogP contribution in [-0.4, -0.2) is 47.5 Å². The Hall–Kier alpha value is -1.99. The van der Waals surface area contributed by atoms with Gasteiger partial charge in [-0.25, -0.2) is 4.98 Å². The molecule has 0 radical (unpaired) electrons. The molecule has 28 heavy (non-hydrogen) atoms.